The zero-order valence-electron chi connectivity index (χ0n) is 12.2. The Morgan fingerprint density at radius 1 is 1.29 bits per heavy atom. The molecule has 1 heterocycles. The monoisotopic (exact) mass is 301 g/mol. The molecule has 110 valence electrons. The van der Waals surface area contributed by atoms with Crippen molar-refractivity contribution in [3.8, 4) is 0 Å². The van der Waals surface area contributed by atoms with E-state index in [2.05, 4.69) is 37.1 Å². The standard InChI is InChI=1S/C17H19NO2S/c1-13-5-3-4-6-15(13)11-18(2)12-16-14(9-10-21-16)7-8-17(19)20/h3-10H,11-12H2,1-2H3,(H,19,20). The number of carboxylic acid groups (broad SMARTS) is 1. The summed E-state index contributed by atoms with van der Waals surface area (Å²) in [6.07, 6.45) is 2.85. The number of aryl methyl sites for hydroxylation is 1. The third kappa shape index (κ3) is 4.55. The summed E-state index contributed by atoms with van der Waals surface area (Å²) < 4.78 is 0. The minimum atomic E-state index is -0.916. The Morgan fingerprint density at radius 2 is 2.05 bits per heavy atom. The molecule has 1 N–H and O–H groups in total. The van der Waals surface area contributed by atoms with Gasteiger partial charge in [0.25, 0.3) is 0 Å². The van der Waals surface area contributed by atoms with Crippen molar-refractivity contribution in [3.05, 3.63) is 63.4 Å². The Kier molecular flexibility index (Phi) is 5.31. The van der Waals surface area contributed by atoms with Crippen LogP contribution >= 0.6 is 11.3 Å². The normalized spacial score (nSPS) is 11.4. The first-order valence-corrected chi connectivity index (χ1v) is 7.64. The van der Waals surface area contributed by atoms with Gasteiger partial charge >= 0.3 is 5.97 Å². The van der Waals surface area contributed by atoms with E-state index in [9.17, 15) is 4.79 Å². The average molecular weight is 301 g/mol. The number of hydrogen-bond donors (Lipinski definition) is 1. The van der Waals surface area contributed by atoms with Gasteiger partial charge in [0.2, 0.25) is 0 Å². The quantitative estimate of drug-likeness (QED) is 0.825. The van der Waals surface area contributed by atoms with E-state index in [0.29, 0.717) is 0 Å². The molecule has 0 amide bonds. The van der Waals surface area contributed by atoms with Crippen molar-refractivity contribution in [1.82, 2.24) is 4.90 Å². The lowest BCUT2D eigenvalue weighted by Crippen LogP contribution is -2.17. The molecule has 3 nitrogen and oxygen atoms in total. The topological polar surface area (TPSA) is 40.5 Å². The molecule has 1 aromatic carbocycles. The maximum Gasteiger partial charge on any atom is 0.328 e. The molecule has 2 rings (SSSR count). The molecule has 0 radical (unpaired) electrons. The van der Waals surface area contributed by atoms with Crippen LogP contribution < -0.4 is 0 Å². The third-order valence-electron chi connectivity index (χ3n) is 3.30. The van der Waals surface area contributed by atoms with E-state index in [4.69, 9.17) is 5.11 Å². The molecule has 0 saturated heterocycles. The Labute approximate surface area is 129 Å². The highest BCUT2D eigenvalue weighted by Gasteiger charge is 2.07. The summed E-state index contributed by atoms with van der Waals surface area (Å²) in [6, 6.07) is 10.3. The Morgan fingerprint density at radius 3 is 2.76 bits per heavy atom. The van der Waals surface area contributed by atoms with Gasteiger partial charge in [-0.25, -0.2) is 4.79 Å². The van der Waals surface area contributed by atoms with Gasteiger partial charge in [-0.05, 0) is 48.2 Å². The Hall–Kier alpha value is -1.91. The highest BCUT2D eigenvalue weighted by atomic mass is 32.1. The van der Waals surface area contributed by atoms with E-state index in [1.807, 2.05) is 17.5 Å². The first-order valence-electron chi connectivity index (χ1n) is 6.76. The van der Waals surface area contributed by atoms with E-state index >= 15 is 0 Å². The molecular weight excluding hydrogens is 282 g/mol. The van der Waals surface area contributed by atoms with Crippen molar-refractivity contribution >= 4 is 23.4 Å². The summed E-state index contributed by atoms with van der Waals surface area (Å²) in [5, 5.41) is 10.7. The van der Waals surface area contributed by atoms with Crippen LogP contribution in [0.1, 0.15) is 21.6 Å². The molecule has 0 fully saturated rings. The van der Waals surface area contributed by atoms with Gasteiger partial charge in [-0.2, -0.15) is 0 Å². The predicted octanol–water partition coefficient (Wildman–Crippen LogP) is 3.79. The second-order valence-corrected chi connectivity index (χ2v) is 6.07. The molecule has 0 atom stereocenters. The second-order valence-electron chi connectivity index (χ2n) is 5.07. The number of thiophene rings is 1. The molecule has 0 saturated carbocycles. The number of hydrogen-bond acceptors (Lipinski definition) is 3. The van der Waals surface area contributed by atoms with E-state index < -0.39 is 5.97 Å². The SMILES string of the molecule is Cc1ccccc1CN(C)Cc1sccc1C=CC(=O)O. The van der Waals surface area contributed by atoms with Gasteiger partial charge in [0.15, 0.2) is 0 Å². The maximum atomic E-state index is 10.6. The number of nitrogens with zero attached hydrogens (tertiary/aromatic N) is 1. The fourth-order valence-corrected chi connectivity index (χ4v) is 3.11. The van der Waals surface area contributed by atoms with Gasteiger partial charge in [0, 0.05) is 24.0 Å². The third-order valence-corrected chi connectivity index (χ3v) is 4.22. The van der Waals surface area contributed by atoms with Crippen LogP contribution in [0.5, 0.6) is 0 Å². The number of carbonyl (C=O) groups is 1. The molecule has 0 spiro atoms. The fraction of sp³-hybridized carbons (Fsp3) is 0.235. The van der Waals surface area contributed by atoms with Crippen molar-refractivity contribution in [2.75, 3.05) is 7.05 Å². The molecule has 0 aliphatic heterocycles. The first kappa shape index (κ1) is 15.5. The summed E-state index contributed by atoms with van der Waals surface area (Å²) >= 11 is 1.66. The molecule has 0 aliphatic carbocycles. The van der Waals surface area contributed by atoms with Crippen molar-refractivity contribution in [2.24, 2.45) is 0 Å². The van der Waals surface area contributed by atoms with Crippen LogP contribution in [0.25, 0.3) is 6.08 Å². The maximum absolute atomic E-state index is 10.6. The Bertz CT molecular complexity index is 646. The van der Waals surface area contributed by atoms with Crippen LogP contribution in [0, 0.1) is 6.92 Å². The van der Waals surface area contributed by atoms with Crippen molar-refractivity contribution in [3.63, 3.8) is 0 Å². The molecule has 0 bridgehead atoms. The van der Waals surface area contributed by atoms with Crippen LogP contribution in [-0.2, 0) is 17.9 Å². The van der Waals surface area contributed by atoms with Crippen LogP contribution in [0.3, 0.4) is 0 Å². The Balaban J connectivity index is 2.03. The minimum absolute atomic E-state index is 0.811. The van der Waals surface area contributed by atoms with Crippen molar-refractivity contribution in [2.45, 2.75) is 20.0 Å². The molecule has 0 unspecified atom stereocenters. The smallest absolute Gasteiger partial charge is 0.328 e. The molecule has 1 aromatic heterocycles. The van der Waals surface area contributed by atoms with Gasteiger partial charge in [0.1, 0.15) is 0 Å². The average Bonchev–Trinajstić information content (AvgIpc) is 2.86. The van der Waals surface area contributed by atoms with E-state index in [1.54, 1.807) is 17.4 Å². The first-order chi connectivity index (χ1) is 10.1. The van der Waals surface area contributed by atoms with E-state index in [1.165, 1.54) is 22.1 Å². The molecule has 0 aliphatic rings. The largest absolute Gasteiger partial charge is 0.478 e. The van der Waals surface area contributed by atoms with E-state index in [0.717, 1.165) is 18.7 Å². The molecule has 21 heavy (non-hydrogen) atoms. The lowest BCUT2D eigenvalue weighted by molar-refractivity contribution is -0.131. The number of benzene rings is 1. The molecule has 4 heteroatoms. The lowest BCUT2D eigenvalue weighted by atomic mass is 10.1. The van der Waals surface area contributed by atoms with Crippen LogP contribution in [-0.4, -0.2) is 23.0 Å². The zero-order chi connectivity index (χ0) is 15.2. The number of aliphatic carboxylic acids is 1. The second kappa shape index (κ2) is 7.20. The summed E-state index contributed by atoms with van der Waals surface area (Å²) in [5.74, 6) is -0.916. The highest BCUT2D eigenvalue weighted by molar-refractivity contribution is 7.10. The van der Waals surface area contributed by atoms with Gasteiger partial charge < -0.3 is 5.11 Å². The van der Waals surface area contributed by atoms with Gasteiger partial charge in [-0.1, -0.05) is 24.3 Å². The van der Waals surface area contributed by atoms with Crippen molar-refractivity contribution < 1.29 is 9.90 Å². The summed E-state index contributed by atoms with van der Waals surface area (Å²) in [7, 11) is 2.08. The lowest BCUT2D eigenvalue weighted by Gasteiger charge is -2.17. The van der Waals surface area contributed by atoms with Crippen molar-refractivity contribution in [1.29, 1.82) is 0 Å². The van der Waals surface area contributed by atoms with Gasteiger partial charge in [0.05, 0.1) is 0 Å². The summed E-state index contributed by atoms with van der Waals surface area (Å²) in [4.78, 5) is 14.0. The van der Waals surface area contributed by atoms with Crippen LogP contribution in [0.4, 0.5) is 0 Å². The van der Waals surface area contributed by atoms with Gasteiger partial charge in [-0.15, -0.1) is 11.3 Å². The summed E-state index contributed by atoms with van der Waals surface area (Å²) in [5.41, 5.74) is 3.60. The van der Waals surface area contributed by atoms with Gasteiger partial charge in [-0.3, -0.25) is 4.90 Å². The van der Waals surface area contributed by atoms with Crippen LogP contribution in [0.15, 0.2) is 41.8 Å². The zero-order valence-corrected chi connectivity index (χ0v) is 13.1. The van der Waals surface area contributed by atoms with E-state index in [-0.39, 0.29) is 0 Å². The fourth-order valence-electron chi connectivity index (χ4n) is 2.17. The predicted molar refractivity (Wildman–Crippen MR) is 87.3 cm³/mol. The summed E-state index contributed by atoms with van der Waals surface area (Å²) in [6.45, 7) is 3.81. The number of rotatable bonds is 6. The molecular formula is C17H19NO2S. The molecule has 2 aromatic rings. The van der Waals surface area contributed by atoms with Crippen LogP contribution in [0.2, 0.25) is 0 Å². The number of carboxylic acids is 1. The highest BCUT2D eigenvalue weighted by Crippen LogP contribution is 2.21. The minimum Gasteiger partial charge on any atom is -0.478 e.